The van der Waals surface area contributed by atoms with Crippen molar-refractivity contribution < 1.29 is 24.1 Å². The highest BCUT2D eigenvalue weighted by Gasteiger charge is 2.08. The molecule has 0 radical (unpaired) electrons. The molecule has 1 atom stereocenters. The minimum absolute atomic E-state index is 0.106. The maximum atomic E-state index is 9.28. The number of hydrogen-bond donors (Lipinski definition) is 1. The van der Waals surface area contributed by atoms with Crippen LogP contribution in [0, 0.1) is 0 Å². The second-order valence-corrected chi connectivity index (χ2v) is 5.25. The van der Waals surface area contributed by atoms with Crippen LogP contribution in [0.25, 0.3) is 0 Å². The highest BCUT2D eigenvalue weighted by Crippen LogP contribution is 2.03. The van der Waals surface area contributed by atoms with Gasteiger partial charge in [0.05, 0.1) is 26.4 Å². The number of ether oxygens (including phenoxy) is 4. The van der Waals surface area contributed by atoms with Gasteiger partial charge in [0.25, 0.3) is 0 Å². The molecule has 0 amide bonds. The summed E-state index contributed by atoms with van der Waals surface area (Å²) in [6.07, 6.45) is -0.430. The lowest BCUT2D eigenvalue weighted by Gasteiger charge is -2.16. The van der Waals surface area contributed by atoms with Crippen LogP contribution in [0.4, 0.5) is 0 Å². The largest absolute Gasteiger partial charge is 0.394 e. The lowest BCUT2D eigenvalue weighted by molar-refractivity contribution is -0.148. The Bertz CT molecular complexity index is 532. The van der Waals surface area contributed by atoms with E-state index in [0.717, 1.165) is 11.1 Å². The van der Waals surface area contributed by atoms with Crippen LogP contribution in [0.15, 0.2) is 60.7 Å². The lowest BCUT2D eigenvalue weighted by Crippen LogP contribution is -2.25. The fourth-order valence-electron chi connectivity index (χ4n) is 2.00. The zero-order chi connectivity index (χ0) is 16.9. The minimum Gasteiger partial charge on any atom is -0.394 e. The zero-order valence-corrected chi connectivity index (χ0v) is 13.7. The van der Waals surface area contributed by atoms with Crippen molar-refractivity contribution >= 4 is 0 Å². The van der Waals surface area contributed by atoms with E-state index in [0.29, 0.717) is 13.2 Å². The molecule has 1 N–H and O–H groups in total. The molecule has 0 fully saturated rings. The predicted molar refractivity (Wildman–Crippen MR) is 90.1 cm³/mol. The van der Waals surface area contributed by atoms with E-state index in [-0.39, 0.29) is 26.8 Å². The van der Waals surface area contributed by atoms with Crippen molar-refractivity contribution in [2.75, 3.05) is 26.8 Å². The molecule has 0 spiro atoms. The molecular weight excluding hydrogens is 308 g/mol. The van der Waals surface area contributed by atoms with Crippen LogP contribution < -0.4 is 0 Å². The molecule has 0 aliphatic rings. The average molecular weight is 332 g/mol. The number of aliphatic hydroxyl groups is 1. The summed E-state index contributed by atoms with van der Waals surface area (Å²) in [4.78, 5) is 0. The van der Waals surface area contributed by atoms with E-state index in [1.807, 2.05) is 60.7 Å². The highest BCUT2D eigenvalue weighted by molar-refractivity contribution is 5.13. The first-order chi connectivity index (χ1) is 11.9. The Balaban J connectivity index is 1.50. The van der Waals surface area contributed by atoms with Gasteiger partial charge in [-0.2, -0.15) is 0 Å². The molecular formula is C19H24O5. The molecule has 0 aliphatic carbocycles. The smallest absolute Gasteiger partial charge is 0.147 e. The van der Waals surface area contributed by atoms with Crippen molar-refractivity contribution in [3.05, 3.63) is 71.8 Å². The van der Waals surface area contributed by atoms with Crippen molar-refractivity contribution in [1.82, 2.24) is 0 Å². The molecule has 0 heterocycles. The van der Waals surface area contributed by atoms with Gasteiger partial charge in [0.15, 0.2) is 0 Å². The summed E-state index contributed by atoms with van der Waals surface area (Å²) in [5, 5.41) is 9.28. The van der Waals surface area contributed by atoms with Gasteiger partial charge in [0, 0.05) is 0 Å². The number of benzene rings is 2. The molecule has 24 heavy (non-hydrogen) atoms. The Hall–Kier alpha value is -1.76. The summed E-state index contributed by atoms with van der Waals surface area (Å²) in [5.74, 6) is 0. The number of rotatable bonds is 12. The first-order valence-corrected chi connectivity index (χ1v) is 7.92. The zero-order valence-electron chi connectivity index (χ0n) is 13.7. The fourth-order valence-corrected chi connectivity index (χ4v) is 2.00. The van der Waals surface area contributed by atoms with Crippen molar-refractivity contribution in [3.63, 3.8) is 0 Å². The molecule has 0 bridgehead atoms. The minimum atomic E-state index is -0.430. The van der Waals surface area contributed by atoms with Crippen LogP contribution in [0.2, 0.25) is 0 Å². The second-order valence-electron chi connectivity index (χ2n) is 5.25. The third-order valence-electron chi connectivity index (χ3n) is 3.28. The van der Waals surface area contributed by atoms with Crippen LogP contribution >= 0.6 is 0 Å². The molecule has 5 nitrogen and oxygen atoms in total. The summed E-state index contributed by atoms with van der Waals surface area (Å²) in [7, 11) is 0. The van der Waals surface area contributed by atoms with Crippen LogP contribution in [0.5, 0.6) is 0 Å². The van der Waals surface area contributed by atoms with Gasteiger partial charge >= 0.3 is 0 Å². The SMILES string of the molecule is OC[C@@H](COCOCc1ccccc1)OCOCc1ccccc1. The molecule has 2 aromatic carbocycles. The average Bonchev–Trinajstić information content (AvgIpc) is 2.65. The van der Waals surface area contributed by atoms with Crippen LogP contribution in [-0.4, -0.2) is 38.0 Å². The molecule has 0 unspecified atom stereocenters. The van der Waals surface area contributed by atoms with E-state index in [1.54, 1.807) is 0 Å². The maximum Gasteiger partial charge on any atom is 0.147 e. The van der Waals surface area contributed by atoms with Crippen molar-refractivity contribution in [1.29, 1.82) is 0 Å². The number of aliphatic hydroxyl groups excluding tert-OH is 1. The normalized spacial score (nSPS) is 12.2. The first-order valence-electron chi connectivity index (χ1n) is 7.92. The summed E-state index contributed by atoms with van der Waals surface area (Å²) in [6, 6.07) is 19.7. The maximum absolute atomic E-state index is 9.28. The summed E-state index contributed by atoms with van der Waals surface area (Å²) in [6.45, 7) is 1.34. The summed E-state index contributed by atoms with van der Waals surface area (Å²) < 4.78 is 21.6. The molecule has 0 aromatic heterocycles. The Kier molecular flexibility index (Phi) is 9.08. The third kappa shape index (κ3) is 7.68. The molecule has 5 heteroatoms. The topological polar surface area (TPSA) is 57.2 Å². The van der Waals surface area contributed by atoms with Crippen LogP contribution in [0.3, 0.4) is 0 Å². The fraction of sp³-hybridized carbons (Fsp3) is 0.368. The van der Waals surface area contributed by atoms with Gasteiger partial charge in [-0.15, -0.1) is 0 Å². The third-order valence-corrected chi connectivity index (χ3v) is 3.28. The molecule has 2 aromatic rings. The van der Waals surface area contributed by atoms with Gasteiger partial charge in [-0.1, -0.05) is 60.7 Å². The van der Waals surface area contributed by atoms with Gasteiger partial charge in [-0.25, -0.2) is 0 Å². The second kappa shape index (κ2) is 11.7. The van der Waals surface area contributed by atoms with Gasteiger partial charge < -0.3 is 24.1 Å². The molecule has 2 rings (SSSR count). The standard InChI is InChI=1S/C19H24O5/c20-11-19(24-16-22-13-18-9-5-2-6-10-18)14-23-15-21-12-17-7-3-1-4-8-17/h1-10,19-20H,11-16H2/t19-/m0/s1. The first kappa shape index (κ1) is 18.6. The summed E-state index contributed by atoms with van der Waals surface area (Å²) in [5.41, 5.74) is 2.16. The number of hydrogen-bond acceptors (Lipinski definition) is 5. The van der Waals surface area contributed by atoms with E-state index in [4.69, 9.17) is 18.9 Å². The molecule has 0 aliphatic heterocycles. The van der Waals surface area contributed by atoms with E-state index < -0.39 is 6.10 Å². The van der Waals surface area contributed by atoms with Gasteiger partial charge in [0.2, 0.25) is 0 Å². The van der Waals surface area contributed by atoms with Crippen molar-refractivity contribution in [3.8, 4) is 0 Å². The van der Waals surface area contributed by atoms with Crippen LogP contribution in [0.1, 0.15) is 11.1 Å². The quantitative estimate of drug-likeness (QED) is 0.478. The Morgan fingerprint density at radius 1 is 0.708 bits per heavy atom. The molecule has 0 saturated heterocycles. The van der Waals surface area contributed by atoms with E-state index in [9.17, 15) is 5.11 Å². The van der Waals surface area contributed by atoms with Gasteiger partial charge in [-0.05, 0) is 11.1 Å². The Morgan fingerprint density at radius 3 is 1.79 bits per heavy atom. The van der Waals surface area contributed by atoms with Crippen molar-refractivity contribution in [2.45, 2.75) is 19.3 Å². The van der Waals surface area contributed by atoms with E-state index in [2.05, 4.69) is 0 Å². The molecule has 130 valence electrons. The lowest BCUT2D eigenvalue weighted by atomic mass is 10.2. The Morgan fingerprint density at radius 2 is 1.25 bits per heavy atom. The van der Waals surface area contributed by atoms with E-state index in [1.165, 1.54) is 0 Å². The van der Waals surface area contributed by atoms with Crippen molar-refractivity contribution in [2.24, 2.45) is 0 Å². The predicted octanol–water partition coefficient (Wildman–Crippen LogP) is 2.73. The van der Waals surface area contributed by atoms with Gasteiger partial charge in [0.1, 0.15) is 19.7 Å². The van der Waals surface area contributed by atoms with E-state index >= 15 is 0 Å². The molecule has 0 saturated carbocycles. The summed E-state index contributed by atoms with van der Waals surface area (Å²) >= 11 is 0. The highest BCUT2D eigenvalue weighted by atomic mass is 16.7. The monoisotopic (exact) mass is 332 g/mol. The van der Waals surface area contributed by atoms with Gasteiger partial charge in [-0.3, -0.25) is 0 Å². The van der Waals surface area contributed by atoms with Crippen LogP contribution in [-0.2, 0) is 32.2 Å². The Labute approximate surface area is 142 Å².